The van der Waals surface area contributed by atoms with Gasteiger partial charge in [-0.05, 0) is 25.7 Å². The van der Waals surface area contributed by atoms with E-state index in [0.717, 1.165) is 31.0 Å². The average molecular weight is 218 g/mol. The first-order valence-electron chi connectivity index (χ1n) is 5.39. The van der Waals surface area contributed by atoms with Crippen molar-refractivity contribution in [3.8, 4) is 0 Å². The van der Waals surface area contributed by atoms with Crippen LogP contribution in [0.4, 0.5) is 0 Å². The molecular weight excluding hydrogens is 198 g/mol. The third kappa shape index (κ3) is 8.15. The number of halogens is 1. The normalized spacial score (nSPS) is 14.9. The first-order valence-corrected chi connectivity index (χ1v) is 5.92. The molecule has 82 valence electrons. The summed E-state index contributed by atoms with van der Waals surface area (Å²) in [5, 5.41) is 2.96. The van der Waals surface area contributed by atoms with E-state index in [1.165, 1.54) is 25.7 Å². The summed E-state index contributed by atoms with van der Waals surface area (Å²) < 4.78 is 0. The molecule has 0 aromatic rings. The van der Waals surface area contributed by atoms with Crippen LogP contribution in [0, 0.1) is 0 Å². The molecule has 0 aromatic carbocycles. The number of nitrogens with one attached hydrogen (secondary N) is 1. The number of hydrogen-bond acceptors (Lipinski definition) is 2. The molecule has 2 nitrogen and oxygen atoms in total. The second kappa shape index (κ2) is 10.6. The van der Waals surface area contributed by atoms with Crippen molar-refractivity contribution in [2.24, 2.45) is 0 Å². The fourth-order valence-electron chi connectivity index (χ4n) is 1.19. The van der Waals surface area contributed by atoms with Crippen LogP contribution in [0.25, 0.3) is 0 Å². The highest BCUT2D eigenvalue weighted by Crippen LogP contribution is 2.05. The molecule has 3 heteroatoms. The summed E-state index contributed by atoms with van der Waals surface area (Å²) in [6, 6.07) is 0. The van der Waals surface area contributed by atoms with Gasteiger partial charge in [0.1, 0.15) is 5.94 Å². The molecule has 0 amide bonds. The Morgan fingerprint density at radius 1 is 1.43 bits per heavy atom. The maximum absolute atomic E-state index is 9.94. The molecule has 0 saturated carbocycles. The number of hydrogen-bond donors (Lipinski definition) is 1. The minimum Gasteiger partial charge on any atom is -0.379 e. The minimum atomic E-state index is 0.747. The Morgan fingerprint density at radius 2 is 2.21 bits per heavy atom. The van der Waals surface area contributed by atoms with Crippen LogP contribution in [-0.4, -0.2) is 18.4 Å². The van der Waals surface area contributed by atoms with E-state index in [-0.39, 0.29) is 0 Å². The maximum atomic E-state index is 9.94. The van der Waals surface area contributed by atoms with Crippen molar-refractivity contribution in [2.45, 2.75) is 45.4 Å². The predicted octanol–water partition coefficient (Wildman–Crippen LogP) is 2.89. The lowest BCUT2D eigenvalue weighted by molar-refractivity contribution is 0.547. The van der Waals surface area contributed by atoms with Crippen molar-refractivity contribution in [3.05, 3.63) is 5.70 Å². The highest BCUT2D eigenvalue weighted by Gasteiger charge is 2.02. The van der Waals surface area contributed by atoms with E-state index < -0.39 is 0 Å². The van der Waals surface area contributed by atoms with Crippen LogP contribution in [0.3, 0.4) is 0 Å². The Balaban J connectivity index is 0.000000255. The summed E-state index contributed by atoms with van der Waals surface area (Å²) in [5.41, 5.74) is 0.747. The van der Waals surface area contributed by atoms with Gasteiger partial charge in [0.2, 0.25) is 0 Å². The largest absolute Gasteiger partial charge is 0.379 e. The van der Waals surface area contributed by atoms with Gasteiger partial charge in [0, 0.05) is 12.4 Å². The molecule has 1 heterocycles. The second-order valence-corrected chi connectivity index (χ2v) is 3.74. The molecule has 14 heavy (non-hydrogen) atoms. The van der Waals surface area contributed by atoms with E-state index in [2.05, 4.69) is 12.2 Å². The smallest absolute Gasteiger partial charge is 0.145 e. The quantitative estimate of drug-likeness (QED) is 0.448. The minimum absolute atomic E-state index is 0.747. The van der Waals surface area contributed by atoms with Crippen molar-refractivity contribution in [1.82, 2.24) is 5.32 Å². The molecule has 0 radical (unpaired) electrons. The fourth-order valence-corrected chi connectivity index (χ4v) is 1.38. The van der Waals surface area contributed by atoms with Gasteiger partial charge in [-0.1, -0.05) is 19.8 Å². The van der Waals surface area contributed by atoms with Crippen LogP contribution in [-0.2, 0) is 4.79 Å². The van der Waals surface area contributed by atoms with E-state index >= 15 is 0 Å². The van der Waals surface area contributed by atoms with Crippen molar-refractivity contribution in [3.63, 3.8) is 0 Å². The molecular formula is C11H20ClNO. The standard InChI is InChI=1S/C6H9NO.C5H11Cl/c8-5-6-3-1-2-4-7-6;1-2-3-4-5-6/h7H,1-4H2;2-5H2,1H3. The highest BCUT2D eigenvalue weighted by atomic mass is 35.5. The van der Waals surface area contributed by atoms with Gasteiger partial charge in [-0.25, -0.2) is 4.79 Å². The van der Waals surface area contributed by atoms with Crippen LogP contribution >= 0.6 is 11.6 Å². The van der Waals surface area contributed by atoms with Gasteiger partial charge in [0.15, 0.2) is 0 Å². The average Bonchev–Trinajstić information content (AvgIpc) is 2.28. The first-order chi connectivity index (χ1) is 6.85. The van der Waals surface area contributed by atoms with Gasteiger partial charge in [0.05, 0.1) is 5.70 Å². The number of unbranched alkanes of at least 4 members (excludes halogenated alkanes) is 2. The van der Waals surface area contributed by atoms with E-state index in [1.807, 2.05) is 5.94 Å². The molecule has 0 atom stereocenters. The van der Waals surface area contributed by atoms with Crippen LogP contribution in [0.5, 0.6) is 0 Å². The molecule has 0 unspecified atom stereocenters. The number of carbonyl (C=O) groups excluding carboxylic acids is 1. The molecule has 1 fully saturated rings. The fraction of sp³-hybridized carbons (Fsp3) is 0.818. The van der Waals surface area contributed by atoms with Crippen molar-refractivity contribution >= 4 is 17.5 Å². The Hall–Kier alpha value is -0.460. The Morgan fingerprint density at radius 3 is 2.50 bits per heavy atom. The zero-order chi connectivity index (χ0) is 10.6. The summed E-state index contributed by atoms with van der Waals surface area (Å²) in [7, 11) is 0. The molecule has 1 rings (SSSR count). The summed E-state index contributed by atoms with van der Waals surface area (Å²) in [6.45, 7) is 3.12. The Labute approximate surface area is 91.7 Å². The lowest BCUT2D eigenvalue weighted by atomic mass is 10.1. The molecule has 0 aliphatic carbocycles. The third-order valence-corrected chi connectivity index (χ3v) is 2.32. The molecule has 1 N–H and O–H groups in total. The van der Waals surface area contributed by atoms with E-state index in [9.17, 15) is 4.79 Å². The molecule has 1 saturated heterocycles. The highest BCUT2D eigenvalue weighted by molar-refractivity contribution is 6.17. The van der Waals surface area contributed by atoms with Crippen molar-refractivity contribution in [2.75, 3.05) is 12.4 Å². The molecule has 0 aromatic heterocycles. The zero-order valence-corrected chi connectivity index (χ0v) is 9.70. The van der Waals surface area contributed by atoms with Crippen LogP contribution in [0.15, 0.2) is 5.70 Å². The van der Waals surface area contributed by atoms with E-state index in [1.54, 1.807) is 0 Å². The van der Waals surface area contributed by atoms with Crippen LogP contribution < -0.4 is 5.32 Å². The summed E-state index contributed by atoms with van der Waals surface area (Å²) in [4.78, 5) is 9.94. The van der Waals surface area contributed by atoms with Gasteiger partial charge in [-0.15, -0.1) is 11.6 Å². The van der Waals surface area contributed by atoms with Gasteiger partial charge in [-0.2, -0.15) is 0 Å². The third-order valence-electron chi connectivity index (χ3n) is 2.05. The van der Waals surface area contributed by atoms with Crippen LogP contribution in [0.1, 0.15) is 45.4 Å². The van der Waals surface area contributed by atoms with Crippen molar-refractivity contribution in [1.29, 1.82) is 0 Å². The topological polar surface area (TPSA) is 29.1 Å². The number of piperidine rings is 1. The summed E-state index contributed by atoms with van der Waals surface area (Å²) in [6.07, 6.45) is 6.94. The van der Waals surface area contributed by atoms with Gasteiger partial charge >= 0.3 is 0 Å². The lowest BCUT2D eigenvalue weighted by Crippen LogP contribution is -2.19. The predicted molar refractivity (Wildman–Crippen MR) is 61.3 cm³/mol. The van der Waals surface area contributed by atoms with Gasteiger partial charge in [0.25, 0.3) is 0 Å². The van der Waals surface area contributed by atoms with Gasteiger partial charge in [-0.3, -0.25) is 0 Å². The monoisotopic (exact) mass is 217 g/mol. The van der Waals surface area contributed by atoms with Gasteiger partial charge < -0.3 is 5.32 Å². The maximum Gasteiger partial charge on any atom is 0.145 e. The molecule has 1 aliphatic heterocycles. The number of rotatable bonds is 3. The SMILES string of the molecule is CCCCCCl.O=C=C1CCCCN1. The molecule has 1 aliphatic rings. The second-order valence-electron chi connectivity index (χ2n) is 3.36. The number of allylic oxidation sites excluding steroid dienone is 1. The van der Waals surface area contributed by atoms with E-state index in [0.29, 0.717) is 0 Å². The van der Waals surface area contributed by atoms with E-state index in [4.69, 9.17) is 11.6 Å². The summed E-state index contributed by atoms with van der Waals surface area (Å²) in [5.74, 6) is 2.69. The number of alkyl halides is 1. The molecule has 0 spiro atoms. The lowest BCUT2D eigenvalue weighted by Gasteiger charge is -2.11. The summed E-state index contributed by atoms with van der Waals surface area (Å²) >= 11 is 5.38. The Bertz CT molecular complexity index is 164. The van der Waals surface area contributed by atoms with Crippen LogP contribution in [0.2, 0.25) is 0 Å². The zero-order valence-electron chi connectivity index (χ0n) is 8.94. The van der Waals surface area contributed by atoms with Crippen molar-refractivity contribution < 1.29 is 4.79 Å². The Kier molecular flexibility index (Phi) is 10.3. The molecule has 0 bridgehead atoms. The first kappa shape index (κ1) is 13.5.